The minimum atomic E-state index is 0.141. The lowest BCUT2D eigenvalue weighted by molar-refractivity contribution is -0.117. The molecule has 2 aromatic carbocycles. The van der Waals surface area contributed by atoms with Crippen LogP contribution in [0.5, 0.6) is 0 Å². The molecule has 1 aliphatic rings. The summed E-state index contributed by atoms with van der Waals surface area (Å²) in [6.45, 7) is 1.80. The lowest BCUT2D eigenvalue weighted by Crippen LogP contribution is -2.42. The van der Waals surface area contributed by atoms with E-state index in [4.69, 9.17) is 11.6 Å². The highest BCUT2D eigenvalue weighted by molar-refractivity contribution is 6.31. The average molecular weight is 357 g/mol. The fraction of sp³-hybridized carbons (Fsp3) is 0.263. The molecule has 0 unspecified atom stereocenters. The number of carbonyl (C=O) groups is 1. The summed E-state index contributed by atoms with van der Waals surface area (Å²) in [5, 5.41) is 7.20. The molecule has 0 bridgehead atoms. The minimum absolute atomic E-state index is 0.141. The molecule has 0 atom stereocenters. The Bertz CT molecular complexity index is 790. The number of rotatable bonds is 5. The minimum Gasteiger partial charge on any atom is -0.355 e. The summed E-state index contributed by atoms with van der Waals surface area (Å²) in [6.07, 6.45) is 0.482. The quantitative estimate of drug-likeness (QED) is 0.639. The van der Waals surface area contributed by atoms with Crippen LogP contribution in [0.15, 0.2) is 53.5 Å². The molecule has 25 heavy (non-hydrogen) atoms. The molecule has 0 fully saturated rings. The Labute approximate surface area is 152 Å². The van der Waals surface area contributed by atoms with Crippen LogP contribution in [0.1, 0.15) is 11.1 Å². The molecule has 3 rings (SSSR count). The van der Waals surface area contributed by atoms with E-state index < -0.39 is 0 Å². The van der Waals surface area contributed by atoms with Crippen LogP contribution in [-0.2, 0) is 17.8 Å². The molecule has 1 heterocycles. The van der Waals surface area contributed by atoms with Gasteiger partial charge in [-0.1, -0.05) is 48.0 Å². The van der Waals surface area contributed by atoms with Gasteiger partial charge in [-0.25, -0.2) is 0 Å². The van der Waals surface area contributed by atoms with Crippen LogP contribution in [0.2, 0.25) is 5.02 Å². The molecule has 0 aliphatic carbocycles. The molecule has 0 aromatic heterocycles. The first-order valence-electron chi connectivity index (χ1n) is 8.25. The first-order chi connectivity index (χ1) is 12.2. The highest BCUT2D eigenvalue weighted by Crippen LogP contribution is 2.27. The Morgan fingerprint density at radius 2 is 1.92 bits per heavy atom. The van der Waals surface area contributed by atoms with E-state index in [1.807, 2.05) is 53.4 Å². The normalized spacial score (nSPS) is 13.8. The van der Waals surface area contributed by atoms with Crippen molar-refractivity contribution in [2.75, 3.05) is 25.0 Å². The number of amides is 1. The second-order valence-corrected chi connectivity index (χ2v) is 6.20. The average Bonchev–Trinajstić information content (AvgIpc) is 2.94. The van der Waals surface area contributed by atoms with E-state index in [-0.39, 0.29) is 5.91 Å². The second kappa shape index (κ2) is 8.03. The molecule has 1 aliphatic heterocycles. The number of anilines is 1. The van der Waals surface area contributed by atoms with Crippen LogP contribution in [0, 0.1) is 0 Å². The number of fused-ring (bicyclic) bond motifs is 1. The molecule has 2 aromatic rings. The maximum atomic E-state index is 12.2. The summed E-state index contributed by atoms with van der Waals surface area (Å²) in [7, 11) is 1.72. The van der Waals surface area contributed by atoms with Gasteiger partial charge in [-0.3, -0.25) is 9.79 Å². The Kier molecular flexibility index (Phi) is 5.56. The van der Waals surface area contributed by atoms with Gasteiger partial charge < -0.3 is 15.5 Å². The first-order valence-corrected chi connectivity index (χ1v) is 8.63. The molecular formula is C19H21ClN4O. The number of nitrogens with one attached hydrogen (secondary N) is 2. The van der Waals surface area contributed by atoms with Crippen LogP contribution >= 0.6 is 11.6 Å². The number of hydrogen-bond acceptors (Lipinski definition) is 2. The number of carbonyl (C=O) groups excluding carboxylic acids is 1. The molecular weight excluding hydrogens is 336 g/mol. The Hall–Kier alpha value is -2.53. The van der Waals surface area contributed by atoms with Gasteiger partial charge in [-0.05, 0) is 23.3 Å². The number of hydrogen-bond donors (Lipinski definition) is 2. The monoisotopic (exact) mass is 356 g/mol. The molecule has 0 radical (unpaired) electrons. The number of guanidine groups is 1. The van der Waals surface area contributed by atoms with Gasteiger partial charge in [0.1, 0.15) is 0 Å². The zero-order chi connectivity index (χ0) is 17.6. The summed E-state index contributed by atoms with van der Waals surface area (Å²) in [5.41, 5.74) is 3.11. The van der Waals surface area contributed by atoms with Crippen molar-refractivity contribution < 1.29 is 4.79 Å². The van der Waals surface area contributed by atoms with Crippen LogP contribution in [0.25, 0.3) is 0 Å². The van der Waals surface area contributed by atoms with E-state index in [1.54, 1.807) is 7.05 Å². The third kappa shape index (κ3) is 4.12. The highest BCUT2D eigenvalue weighted by Gasteiger charge is 2.25. The fourth-order valence-corrected chi connectivity index (χ4v) is 3.09. The van der Waals surface area contributed by atoms with Crippen molar-refractivity contribution in [3.8, 4) is 0 Å². The third-order valence-electron chi connectivity index (χ3n) is 4.18. The van der Waals surface area contributed by atoms with Gasteiger partial charge in [0.25, 0.3) is 0 Å². The molecule has 0 saturated carbocycles. The van der Waals surface area contributed by atoms with Crippen molar-refractivity contribution in [3.05, 3.63) is 64.7 Å². The molecule has 5 nitrogen and oxygen atoms in total. The molecule has 6 heteroatoms. The van der Waals surface area contributed by atoms with Gasteiger partial charge in [0.2, 0.25) is 5.91 Å². The van der Waals surface area contributed by atoms with Gasteiger partial charge in [0.05, 0.1) is 6.42 Å². The van der Waals surface area contributed by atoms with Crippen LogP contribution in [0.4, 0.5) is 5.69 Å². The lowest BCUT2D eigenvalue weighted by Gasteiger charge is -2.19. The van der Waals surface area contributed by atoms with Crippen LogP contribution in [0.3, 0.4) is 0 Å². The van der Waals surface area contributed by atoms with E-state index >= 15 is 0 Å². The van der Waals surface area contributed by atoms with Crippen molar-refractivity contribution in [2.45, 2.75) is 13.0 Å². The summed E-state index contributed by atoms with van der Waals surface area (Å²) >= 11 is 6.16. The number of nitrogens with zero attached hydrogens (tertiary/aromatic N) is 2. The predicted molar refractivity (Wildman–Crippen MR) is 102 cm³/mol. The molecule has 2 N–H and O–H groups in total. The maximum Gasteiger partial charge on any atom is 0.231 e. The van der Waals surface area contributed by atoms with Crippen molar-refractivity contribution in [3.63, 3.8) is 0 Å². The molecule has 0 saturated heterocycles. The summed E-state index contributed by atoms with van der Waals surface area (Å²) < 4.78 is 0. The summed E-state index contributed by atoms with van der Waals surface area (Å²) in [5.74, 6) is 0.821. The first kappa shape index (κ1) is 17.3. The number of halogens is 1. The molecule has 0 spiro atoms. The van der Waals surface area contributed by atoms with Crippen molar-refractivity contribution in [1.82, 2.24) is 10.6 Å². The standard InChI is InChI=1S/C19H21ClN4O/c1-21-19(23-13-15-7-2-4-8-16(15)20)22-10-11-24-17-9-5-3-6-14(17)12-18(24)25/h2-9H,10-13H2,1H3,(H2,21,22,23). The van der Waals surface area contributed by atoms with Crippen LogP contribution < -0.4 is 15.5 Å². The number of benzene rings is 2. The van der Waals surface area contributed by atoms with E-state index in [0.717, 1.165) is 21.8 Å². The van der Waals surface area contributed by atoms with Gasteiger partial charge in [0, 0.05) is 37.4 Å². The largest absolute Gasteiger partial charge is 0.355 e. The van der Waals surface area contributed by atoms with Gasteiger partial charge in [0.15, 0.2) is 5.96 Å². The Balaban J connectivity index is 1.51. The Morgan fingerprint density at radius 3 is 2.72 bits per heavy atom. The van der Waals surface area contributed by atoms with Crippen molar-refractivity contribution in [1.29, 1.82) is 0 Å². The molecule has 1 amide bonds. The van der Waals surface area contributed by atoms with Gasteiger partial charge >= 0.3 is 0 Å². The van der Waals surface area contributed by atoms with Gasteiger partial charge in [-0.15, -0.1) is 0 Å². The van der Waals surface area contributed by atoms with Crippen molar-refractivity contribution >= 4 is 29.2 Å². The smallest absolute Gasteiger partial charge is 0.231 e. The van der Waals surface area contributed by atoms with Gasteiger partial charge in [-0.2, -0.15) is 0 Å². The van der Waals surface area contributed by atoms with E-state index in [9.17, 15) is 4.79 Å². The number of aliphatic imine (C=N–C) groups is 1. The Morgan fingerprint density at radius 1 is 1.16 bits per heavy atom. The summed E-state index contributed by atoms with van der Waals surface area (Å²) in [6, 6.07) is 15.6. The lowest BCUT2D eigenvalue weighted by atomic mass is 10.2. The zero-order valence-corrected chi connectivity index (χ0v) is 14.9. The second-order valence-electron chi connectivity index (χ2n) is 5.79. The third-order valence-corrected chi connectivity index (χ3v) is 4.55. The summed E-state index contributed by atoms with van der Waals surface area (Å²) in [4.78, 5) is 18.2. The number of para-hydroxylation sites is 1. The van der Waals surface area contributed by atoms with E-state index in [0.29, 0.717) is 32.0 Å². The van der Waals surface area contributed by atoms with Crippen LogP contribution in [-0.4, -0.2) is 32.0 Å². The zero-order valence-electron chi connectivity index (χ0n) is 14.1. The van der Waals surface area contributed by atoms with E-state index in [2.05, 4.69) is 15.6 Å². The van der Waals surface area contributed by atoms with Crippen molar-refractivity contribution in [2.24, 2.45) is 4.99 Å². The topological polar surface area (TPSA) is 56.7 Å². The maximum absolute atomic E-state index is 12.2. The predicted octanol–water partition coefficient (Wildman–Crippen LogP) is 2.59. The molecule has 130 valence electrons. The van der Waals surface area contributed by atoms with E-state index in [1.165, 1.54) is 0 Å². The highest BCUT2D eigenvalue weighted by atomic mass is 35.5. The SMILES string of the molecule is CN=C(NCCN1C(=O)Cc2ccccc21)NCc1ccccc1Cl. The fourth-order valence-electron chi connectivity index (χ4n) is 2.89.